The highest BCUT2D eigenvalue weighted by atomic mass is 32.2. The lowest BCUT2D eigenvalue weighted by molar-refractivity contribution is 0.156. The smallest absolute Gasteiger partial charge is 0.0187 e. The van der Waals surface area contributed by atoms with Gasteiger partial charge in [0.15, 0.2) is 0 Å². The zero-order valence-corrected chi connectivity index (χ0v) is 12.6. The van der Waals surface area contributed by atoms with Crippen LogP contribution < -0.4 is 0 Å². The molecular formula is C17H24S. The van der Waals surface area contributed by atoms with E-state index >= 15 is 0 Å². The Morgan fingerprint density at radius 1 is 1.17 bits per heavy atom. The average molecular weight is 260 g/mol. The van der Waals surface area contributed by atoms with Crippen LogP contribution in [0, 0.1) is 16.7 Å². The Hall–Kier alpha value is -0.430. The van der Waals surface area contributed by atoms with Gasteiger partial charge in [0.1, 0.15) is 0 Å². The topological polar surface area (TPSA) is 0 Å². The second-order valence-corrected chi connectivity index (χ2v) is 8.09. The molecule has 2 aliphatic rings. The molecule has 3 rings (SSSR count). The van der Waals surface area contributed by atoms with Crippen molar-refractivity contribution in [3.63, 3.8) is 0 Å². The van der Waals surface area contributed by atoms with Crippen molar-refractivity contribution in [3.05, 3.63) is 35.9 Å². The maximum Gasteiger partial charge on any atom is 0.0187 e. The summed E-state index contributed by atoms with van der Waals surface area (Å²) in [5.74, 6) is 2.15. The van der Waals surface area contributed by atoms with E-state index in [0.717, 1.165) is 11.2 Å². The Morgan fingerprint density at radius 3 is 2.44 bits per heavy atom. The van der Waals surface area contributed by atoms with Crippen molar-refractivity contribution >= 4 is 11.8 Å². The van der Waals surface area contributed by atoms with Crippen LogP contribution in [-0.4, -0.2) is 5.25 Å². The first-order valence-corrected chi connectivity index (χ1v) is 8.24. The summed E-state index contributed by atoms with van der Waals surface area (Å²) < 4.78 is 0. The second-order valence-electron chi connectivity index (χ2n) is 6.90. The van der Waals surface area contributed by atoms with Crippen LogP contribution in [-0.2, 0) is 5.75 Å². The summed E-state index contributed by atoms with van der Waals surface area (Å²) in [6.45, 7) is 7.56. The molecular weight excluding hydrogens is 236 g/mol. The SMILES string of the molecule is CC1(C)[C@H]2CC[C@]1(C)C(SCc1ccccc1)C2. The van der Waals surface area contributed by atoms with E-state index in [1.807, 2.05) is 0 Å². The van der Waals surface area contributed by atoms with Gasteiger partial charge in [-0.1, -0.05) is 51.1 Å². The maximum atomic E-state index is 2.54. The van der Waals surface area contributed by atoms with Gasteiger partial charge in [0, 0.05) is 11.0 Å². The van der Waals surface area contributed by atoms with Gasteiger partial charge in [-0.15, -0.1) is 0 Å². The van der Waals surface area contributed by atoms with E-state index in [-0.39, 0.29) is 0 Å². The molecule has 1 aromatic carbocycles. The molecule has 2 aliphatic carbocycles. The molecule has 2 saturated carbocycles. The molecule has 0 saturated heterocycles. The molecule has 2 fully saturated rings. The third-order valence-corrected chi connectivity index (χ3v) is 7.62. The minimum absolute atomic E-state index is 0.557. The molecule has 3 atom stereocenters. The number of rotatable bonds is 3. The number of benzene rings is 1. The molecule has 18 heavy (non-hydrogen) atoms. The first-order chi connectivity index (χ1) is 8.54. The van der Waals surface area contributed by atoms with Crippen LogP contribution in [0.25, 0.3) is 0 Å². The number of fused-ring (bicyclic) bond motifs is 2. The maximum absolute atomic E-state index is 2.54. The van der Waals surface area contributed by atoms with Crippen molar-refractivity contribution in [2.75, 3.05) is 0 Å². The predicted octanol–water partition coefficient (Wildman–Crippen LogP) is 5.13. The molecule has 1 aromatic rings. The largest absolute Gasteiger partial charge is 0.153 e. The Morgan fingerprint density at radius 2 is 1.89 bits per heavy atom. The predicted molar refractivity (Wildman–Crippen MR) is 80.8 cm³/mol. The zero-order chi connectivity index (χ0) is 12.8. The van der Waals surface area contributed by atoms with Crippen LogP contribution in [0.3, 0.4) is 0 Å². The van der Waals surface area contributed by atoms with E-state index in [1.54, 1.807) is 0 Å². The highest BCUT2D eigenvalue weighted by Gasteiger charge is 2.61. The number of hydrogen-bond donors (Lipinski definition) is 0. The van der Waals surface area contributed by atoms with Gasteiger partial charge in [0.05, 0.1) is 0 Å². The van der Waals surface area contributed by atoms with Gasteiger partial charge < -0.3 is 0 Å². The fraction of sp³-hybridized carbons (Fsp3) is 0.647. The van der Waals surface area contributed by atoms with E-state index in [9.17, 15) is 0 Å². The average Bonchev–Trinajstić information content (AvgIpc) is 2.70. The van der Waals surface area contributed by atoms with Gasteiger partial charge in [0.25, 0.3) is 0 Å². The van der Waals surface area contributed by atoms with Gasteiger partial charge in [-0.3, -0.25) is 0 Å². The fourth-order valence-corrected chi connectivity index (χ4v) is 5.90. The van der Waals surface area contributed by atoms with Crippen LogP contribution in [0.5, 0.6) is 0 Å². The van der Waals surface area contributed by atoms with Crippen LogP contribution in [0.4, 0.5) is 0 Å². The van der Waals surface area contributed by atoms with Crippen LogP contribution in [0.15, 0.2) is 30.3 Å². The van der Waals surface area contributed by atoms with Crippen molar-refractivity contribution in [1.29, 1.82) is 0 Å². The van der Waals surface area contributed by atoms with E-state index in [4.69, 9.17) is 0 Å². The minimum Gasteiger partial charge on any atom is -0.153 e. The van der Waals surface area contributed by atoms with Gasteiger partial charge in [0.2, 0.25) is 0 Å². The molecule has 0 spiro atoms. The van der Waals surface area contributed by atoms with E-state index in [0.29, 0.717) is 10.8 Å². The van der Waals surface area contributed by atoms with Crippen molar-refractivity contribution in [1.82, 2.24) is 0 Å². The summed E-state index contributed by atoms with van der Waals surface area (Å²) in [4.78, 5) is 0. The molecule has 0 aliphatic heterocycles. The standard InChI is InChI=1S/C17H24S/c1-16(2)14-9-10-17(16,3)15(11-14)18-12-13-7-5-4-6-8-13/h4-8,14-15H,9-12H2,1-3H3/t14-,15?,17+/m0/s1. The van der Waals surface area contributed by atoms with Crippen LogP contribution in [0.2, 0.25) is 0 Å². The van der Waals surface area contributed by atoms with E-state index < -0.39 is 0 Å². The highest BCUT2D eigenvalue weighted by molar-refractivity contribution is 7.99. The van der Waals surface area contributed by atoms with Gasteiger partial charge in [-0.2, -0.15) is 11.8 Å². The Bertz CT molecular complexity index is 422. The third-order valence-electron chi connectivity index (χ3n) is 6.01. The summed E-state index contributed by atoms with van der Waals surface area (Å²) in [6, 6.07) is 10.9. The monoisotopic (exact) mass is 260 g/mol. The lowest BCUT2D eigenvalue weighted by atomic mass is 9.71. The molecule has 98 valence electrons. The highest BCUT2D eigenvalue weighted by Crippen LogP contribution is 2.68. The Kier molecular flexibility index (Phi) is 3.01. The summed E-state index contributed by atoms with van der Waals surface area (Å²) >= 11 is 2.20. The van der Waals surface area contributed by atoms with Gasteiger partial charge in [-0.05, 0) is 41.6 Å². The van der Waals surface area contributed by atoms with Crippen molar-refractivity contribution in [2.24, 2.45) is 16.7 Å². The molecule has 0 amide bonds. The lowest BCUT2D eigenvalue weighted by Gasteiger charge is -2.39. The first-order valence-electron chi connectivity index (χ1n) is 7.19. The number of hydrogen-bond acceptors (Lipinski definition) is 1. The van der Waals surface area contributed by atoms with Crippen LogP contribution >= 0.6 is 11.8 Å². The van der Waals surface area contributed by atoms with Crippen LogP contribution in [0.1, 0.15) is 45.6 Å². The molecule has 0 nitrogen and oxygen atoms in total. The number of thioether (sulfide) groups is 1. The zero-order valence-electron chi connectivity index (χ0n) is 11.8. The Balaban J connectivity index is 1.69. The Labute approximate surface area is 116 Å². The van der Waals surface area contributed by atoms with Crippen molar-refractivity contribution in [3.8, 4) is 0 Å². The molecule has 0 radical (unpaired) electrons. The molecule has 0 aromatic heterocycles. The molecule has 1 unspecified atom stereocenters. The molecule has 1 heteroatoms. The molecule has 0 heterocycles. The van der Waals surface area contributed by atoms with Gasteiger partial charge >= 0.3 is 0 Å². The summed E-state index contributed by atoms with van der Waals surface area (Å²) in [7, 11) is 0. The third kappa shape index (κ3) is 1.74. The van der Waals surface area contributed by atoms with E-state index in [2.05, 4.69) is 62.9 Å². The summed E-state index contributed by atoms with van der Waals surface area (Å²) in [6.07, 6.45) is 4.35. The first kappa shape index (κ1) is 12.6. The van der Waals surface area contributed by atoms with Gasteiger partial charge in [-0.25, -0.2) is 0 Å². The minimum atomic E-state index is 0.557. The van der Waals surface area contributed by atoms with E-state index in [1.165, 1.54) is 30.6 Å². The lowest BCUT2D eigenvalue weighted by Crippen LogP contribution is -2.33. The fourth-order valence-electron chi connectivity index (χ4n) is 4.15. The molecule has 0 N–H and O–H groups in total. The summed E-state index contributed by atoms with van der Waals surface area (Å²) in [5.41, 5.74) is 2.60. The quantitative estimate of drug-likeness (QED) is 0.725. The molecule has 2 bridgehead atoms. The normalized spacial score (nSPS) is 37.1. The second kappa shape index (κ2) is 4.30. The summed E-state index contributed by atoms with van der Waals surface area (Å²) in [5, 5.41) is 0.867. The van der Waals surface area contributed by atoms with Crippen molar-refractivity contribution in [2.45, 2.75) is 51.0 Å². The van der Waals surface area contributed by atoms with Crippen molar-refractivity contribution < 1.29 is 0 Å².